The Kier molecular flexibility index (Phi) is 2.81. The van der Waals surface area contributed by atoms with Crippen molar-refractivity contribution in [1.82, 2.24) is 15.0 Å². The Morgan fingerprint density at radius 1 is 1.29 bits per heavy atom. The molecule has 4 heteroatoms. The van der Waals surface area contributed by atoms with Crippen LogP contribution in [0, 0.1) is 0 Å². The molecule has 2 heterocycles. The molecule has 17 heavy (non-hydrogen) atoms. The molecule has 0 spiro atoms. The number of hydrogen-bond acceptors (Lipinski definition) is 3. The van der Waals surface area contributed by atoms with Gasteiger partial charge in [0.2, 0.25) is 0 Å². The van der Waals surface area contributed by atoms with Crippen LogP contribution in [0.4, 0.5) is 0 Å². The van der Waals surface area contributed by atoms with Crippen molar-refractivity contribution in [2.75, 3.05) is 0 Å². The summed E-state index contributed by atoms with van der Waals surface area (Å²) >= 11 is 0. The fourth-order valence-corrected chi connectivity index (χ4v) is 2.64. The van der Waals surface area contributed by atoms with Crippen LogP contribution in [-0.4, -0.2) is 15.0 Å². The fourth-order valence-electron chi connectivity index (χ4n) is 2.64. The zero-order chi connectivity index (χ0) is 11.7. The van der Waals surface area contributed by atoms with Gasteiger partial charge >= 0.3 is 0 Å². The first-order valence-electron chi connectivity index (χ1n) is 6.41. The average molecular weight is 230 g/mol. The predicted octanol–water partition coefficient (Wildman–Crippen LogP) is 2.46. The highest BCUT2D eigenvalue weighted by molar-refractivity contribution is 5.71. The molecule has 90 valence electrons. The zero-order valence-electron chi connectivity index (χ0n) is 9.95. The van der Waals surface area contributed by atoms with E-state index in [-0.39, 0.29) is 0 Å². The molecule has 0 amide bonds. The van der Waals surface area contributed by atoms with E-state index >= 15 is 0 Å². The van der Waals surface area contributed by atoms with Gasteiger partial charge in [0.05, 0.1) is 5.52 Å². The highest BCUT2D eigenvalue weighted by atomic mass is 15.0. The molecule has 0 saturated heterocycles. The Labute approximate surface area is 101 Å². The third-order valence-corrected chi connectivity index (χ3v) is 3.64. The SMILES string of the molecule is NCc1cnc2nc(C3CCCCC3)[nH]c2c1. The Hall–Kier alpha value is -1.42. The minimum atomic E-state index is 0.528. The van der Waals surface area contributed by atoms with Crippen LogP contribution in [0.1, 0.15) is 49.4 Å². The number of pyridine rings is 1. The van der Waals surface area contributed by atoms with Gasteiger partial charge in [-0.2, -0.15) is 0 Å². The monoisotopic (exact) mass is 230 g/mol. The number of fused-ring (bicyclic) bond motifs is 1. The van der Waals surface area contributed by atoms with Crippen LogP contribution in [0.3, 0.4) is 0 Å². The summed E-state index contributed by atoms with van der Waals surface area (Å²) in [5.41, 5.74) is 8.51. The first-order chi connectivity index (χ1) is 8.36. The topological polar surface area (TPSA) is 67.6 Å². The lowest BCUT2D eigenvalue weighted by molar-refractivity contribution is 0.431. The lowest BCUT2D eigenvalue weighted by atomic mass is 9.89. The molecule has 3 rings (SSSR count). The van der Waals surface area contributed by atoms with Crippen molar-refractivity contribution in [2.24, 2.45) is 5.73 Å². The molecule has 1 saturated carbocycles. The van der Waals surface area contributed by atoms with Gasteiger partial charge in [0.1, 0.15) is 5.82 Å². The van der Waals surface area contributed by atoms with Gasteiger partial charge in [-0.1, -0.05) is 19.3 Å². The standard InChI is InChI=1S/C13H18N4/c14-7-9-6-11-13(15-8-9)17-12(16-11)10-4-2-1-3-5-10/h6,8,10H,1-5,7,14H2,(H,15,16,17). The smallest absolute Gasteiger partial charge is 0.177 e. The number of rotatable bonds is 2. The second-order valence-corrected chi connectivity index (χ2v) is 4.88. The molecule has 4 nitrogen and oxygen atoms in total. The summed E-state index contributed by atoms with van der Waals surface area (Å²) in [6.07, 6.45) is 8.33. The predicted molar refractivity (Wildman–Crippen MR) is 67.6 cm³/mol. The first kappa shape index (κ1) is 10.7. The van der Waals surface area contributed by atoms with E-state index in [1.54, 1.807) is 0 Å². The zero-order valence-corrected chi connectivity index (χ0v) is 9.95. The molecule has 2 aromatic rings. The molecule has 0 aromatic carbocycles. The van der Waals surface area contributed by atoms with Crippen molar-refractivity contribution in [3.63, 3.8) is 0 Å². The Morgan fingerprint density at radius 2 is 2.12 bits per heavy atom. The van der Waals surface area contributed by atoms with E-state index in [0.717, 1.165) is 22.6 Å². The molecule has 0 aliphatic heterocycles. The van der Waals surface area contributed by atoms with Crippen LogP contribution >= 0.6 is 0 Å². The molecule has 0 bridgehead atoms. The van der Waals surface area contributed by atoms with Gasteiger partial charge in [-0.3, -0.25) is 0 Å². The van der Waals surface area contributed by atoms with Gasteiger partial charge in [-0.25, -0.2) is 9.97 Å². The summed E-state index contributed by atoms with van der Waals surface area (Å²) in [5, 5.41) is 0. The van der Waals surface area contributed by atoms with Crippen molar-refractivity contribution < 1.29 is 0 Å². The minimum Gasteiger partial charge on any atom is -0.340 e. The van der Waals surface area contributed by atoms with Gasteiger partial charge < -0.3 is 10.7 Å². The normalized spacial score (nSPS) is 17.7. The average Bonchev–Trinajstić information content (AvgIpc) is 2.82. The van der Waals surface area contributed by atoms with E-state index in [0.29, 0.717) is 12.5 Å². The Balaban J connectivity index is 1.95. The van der Waals surface area contributed by atoms with Crippen molar-refractivity contribution in [2.45, 2.75) is 44.6 Å². The number of hydrogen-bond donors (Lipinski definition) is 2. The van der Waals surface area contributed by atoms with Gasteiger partial charge in [0.25, 0.3) is 0 Å². The van der Waals surface area contributed by atoms with E-state index in [4.69, 9.17) is 5.73 Å². The van der Waals surface area contributed by atoms with Gasteiger partial charge in [-0.05, 0) is 24.5 Å². The maximum atomic E-state index is 5.62. The molecule has 0 atom stereocenters. The van der Waals surface area contributed by atoms with Crippen molar-refractivity contribution in [3.05, 3.63) is 23.7 Å². The number of nitrogens with one attached hydrogen (secondary N) is 1. The molecular formula is C13H18N4. The highest BCUT2D eigenvalue weighted by Gasteiger charge is 2.19. The largest absolute Gasteiger partial charge is 0.340 e. The van der Waals surface area contributed by atoms with Gasteiger partial charge in [0.15, 0.2) is 5.65 Å². The molecule has 0 radical (unpaired) electrons. The first-order valence-corrected chi connectivity index (χ1v) is 6.41. The van der Waals surface area contributed by atoms with Crippen LogP contribution in [0.5, 0.6) is 0 Å². The summed E-state index contributed by atoms with van der Waals surface area (Å²) in [4.78, 5) is 12.4. The van der Waals surface area contributed by atoms with Crippen LogP contribution in [0.15, 0.2) is 12.3 Å². The maximum Gasteiger partial charge on any atom is 0.177 e. The number of aromatic nitrogens is 3. The van der Waals surface area contributed by atoms with Crippen molar-refractivity contribution >= 4 is 11.2 Å². The second kappa shape index (κ2) is 4.45. The summed E-state index contributed by atoms with van der Waals surface area (Å²) in [5.74, 6) is 1.71. The van der Waals surface area contributed by atoms with E-state index in [9.17, 15) is 0 Å². The van der Waals surface area contributed by atoms with Crippen LogP contribution in [-0.2, 0) is 6.54 Å². The lowest BCUT2D eigenvalue weighted by Crippen LogP contribution is -2.05. The summed E-state index contributed by atoms with van der Waals surface area (Å²) < 4.78 is 0. The van der Waals surface area contributed by atoms with Gasteiger partial charge in [0, 0.05) is 18.7 Å². The number of imidazole rings is 1. The number of H-pyrrole nitrogens is 1. The third kappa shape index (κ3) is 2.05. The molecular weight excluding hydrogens is 212 g/mol. The molecule has 0 unspecified atom stereocenters. The van der Waals surface area contributed by atoms with Crippen molar-refractivity contribution in [3.8, 4) is 0 Å². The summed E-state index contributed by atoms with van der Waals surface area (Å²) in [7, 11) is 0. The Bertz CT molecular complexity index is 511. The number of nitrogens with two attached hydrogens (primary N) is 1. The third-order valence-electron chi connectivity index (χ3n) is 3.64. The quantitative estimate of drug-likeness (QED) is 0.832. The summed E-state index contributed by atoms with van der Waals surface area (Å²) in [6.45, 7) is 0.528. The lowest BCUT2D eigenvalue weighted by Gasteiger charge is -2.18. The van der Waals surface area contributed by atoms with Gasteiger partial charge in [-0.15, -0.1) is 0 Å². The van der Waals surface area contributed by atoms with E-state index in [2.05, 4.69) is 21.0 Å². The van der Waals surface area contributed by atoms with Crippen molar-refractivity contribution in [1.29, 1.82) is 0 Å². The van der Waals surface area contributed by atoms with Crippen LogP contribution < -0.4 is 5.73 Å². The van der Waals surface area contributed by atoms with Crippen LogP contribution in [0.2, 0.25) is 0 Å². The highest BCUT2D eigenvalue weighted by Crippen LogP contribution is 2.31. The Morgan fingerprint density at radius 3 is 2.88 bits per heavy atom. The van der Waals surface area contributed by atoms with E-state index in [1.165, 1.54) is 32.1 Å². The molecule has 1 fully saturated rings. The number of aromatic amines is 1. The maximum absolute atomic E-state index is 5.62. The summed E-state index contributed by atoms with van der Waals surface area (Å²) in [6, 6.07) is 2.06. The second-order valence-electron chi connectivity index (χ2n) is 4.88. The molecule has 1 aliphatic carbocycles. The van der Waals surface area contributed by atoms with Crippen LogP contribution in [0.25, 0.3) is 11.2 Å². The fraction of sp³-hybridized carbons (Fsp3) is 0.538. The number of nitrogens with zero attached hydrogens (tertiary/aromatic N) is 2. The molecule has 2 aromatic heterocycles. The molecule has 1 aliphatic rings. The van der Waals surface area contributed by atoms with E-state index < -0.39 is 0 Å². The molecule has 3 N–H and O–H groups in total. The van der Waals surface area contributed by atoms with E-state index in [1.807, 2.05) is 6.20 Å². The minimum absolute atomic E-state index is 0.528.